The van der Waals surface area contributed by atoms with Crippen LogP contribution in [0, 0.1) is 0 Å². The van der Waals surface area contributed by atoms with E-state index in [1.807, 2.05) is 43.7 Å². The van der Waals surface area contributed by atoms with Gasteiger partial charge in [0.2, 0.25) is 5.91 Å². The van der Waals surface area contributed by atoms with E-state index >= 15 is 0 Å². The Bertz CT molecular complexity index is 1080. The minimum atomic E-state index is -3.70. The molecule has 1 amide bonds. The van der Waals surface area contributed by atoms with Gasteiger partial charge in [-0.3, -0.25) is 14.2 Å². The van der Waals surface area contributed by atoms with Gasteiger partial charge in [0, 0.05) is 48.6 Å². The summed E-state index contributed by atoms with van der Waals surface area (Å²) in [4.78, 5) is 14.3. The first-order valence-corrected chi connectivity index (χ1v) is 10.8. The van der Waals surface area contributed by atoms with Crippen LogP contribution in [0.5, 0.6) is 0 Å². The molecule has 3 aromatic rings. The van der Waals surface area contributed by atoms with Crippen LogP contribution in [0.25, 0.3) is 10.9 Å². The molecule has 1 N–H and O–H groups in total. The zero-order valence-corrected chi connectivity index (χ0v) is 17.1. The van der Waals surface area contributed by atoms with Gasteiger partial charge in [-0.25, -0.2) is 8.42 Å². The van der Waals surface area contributed by atoms with Crippen molar-refractivity contribution in [2.75, 3.05) is 17.8 Å². The molecular formula is C19H25N5O3S. The number of aromatic nitrogens is 3. The Hall–Kier alpha value is -2.81. The predicted octanol–water partition coefficient (Wildman–Crippen LogP) is 2.53. The molecule has 1 aromatic carbocycles. The molecule has 0 saturated heterocycles. The van der Waals surface area contributed by atoms with Gasteiger partial charge in [0.1, 0.15) is 11.4 Å². The van der Waals surface area contributed by atoms with Crippen LogP contribution in [0.1, 0.15) is 20.8 Å². The zero-order valence-electron chi connectivity index (χ0n) is 16.3. The summed E-state index contributed by atoms with van der Waals surface area (Å²) in [6.07, 6.45) is 4.67. The van der Waals surface area contributed by atoms with E-state index in [0.29, 0.717) is 25.3 Å². The third-order valence-electron chi connectivity index (χ3n) is 4.69. The van der Waals surface area contributed by atoms with Crippen LogP contribution < -0.4 is 4.72 Å². The molecule has 0 fully saturated rings. The van der Waals surface area contributed by atoms with Crippen molar-refractivity contribution in [3.05, 3.63) is 42.9 Å². The van der Waals surface area contributed by atoms with E-state index in [-0.39, 0.29) is 17.3 Å². The number of carbonyl (C=O) groups excluding carboxylic acids is 1. The fourth-order valence-corrected chi connectivity index (χ4v) is 4.10. The topological polar surface area (TPSA) is 89.2 Å². The second-order valence-electron chi connectivity index (χ2n) is 6.42. The lowest BCUT2D eigenvalue weighted by molar-refractivity contribution is -0.131. The molecule has 2 aromatic heterocycles. The normalized spacial score (nSPS) is 11.7. The van der Waals surface area contributed by atoms with Gasteiger partial charge in [0.15, 0.2) is 0 Å². The Balaban J connectivity index is 1.81. The fraction of sp³-hybridized carbons (Fsp3) is 0.368. The first-order chi connectivity index (χ1) is 13.4. The van der Waals surface area contributed by atoms with Crippen LogP contribution in [0.3, 0.4) is 0 Å². The number of anilines is 1. The van der Waals surface area contributed by atoms with E-state index in [1.54, 1.807) is 21.7 Å². The Labute approximate surface area is 164 Å². The van der Waals surface area contributed by atoms with Crippen LogP contribution in [-0.4, -0.2) is 46.7 Å². The van der Waals surface area contributed by atoms with Gasteiger partial charge >= 0.3 is 0 Å². The van der Waals surface area contributed by atoms with E-state index in [0.717, 1.165) is 10.9 Å². The van der Waals surface area contributed by atoms with Gasteiger partial charge in [-0.15, -0.1) is 0 Å². The molecule has 150 valence electrons. The molecule has 9 heteroatoms. The molecular weight excluding hydrogens is 378 g/mol. The number of likely N-dealkylation sites (N-methyl/N-ethyl adjacent to an activating group) is 1. The molecule has 0 aliphatic rings. The third kappa shape index (κ3) is 4.04. The largest absolute Gasteiger partial charge is 0.342 e. The summed E-state index contributed by atoms with van der Waals surface area (Å²) in [5, 5.41) is 4.87. The van der Waals surface area contributed by atoms with Crippen molar-refractivity contribution < 1.29 is 13.2 Å². The smallest absolute Gasteiger partial charge is 0.265 e. The maximum atomic E-state index is 12.5. The summed E-state index contributed by atoms with van der Waals surface area (Å²) in [7, 11) is -3.70. The van der Waals surface area contributed by atoms with Crippen molar-refractivity contribution in [1.29, 1.82) is 0 Å². The number of carbonyl (C=O) groups is 1. The van der Waals surface area contributed by atoms with Gasteiger partial charge in [-0.1, -0.05) is 0 Å². The van der Waals surface area contributed by atoms with E-state index in [4.69, 9.17) is 0 Å². The van der Waals surface area contributed by atoms with Crippen LogP contribution in [0.15, 0.2) is 47.8 Å². The summed E-state index contributed by atoms with van der Waals surface area (Å²) in [6.45, 7) is 8.01. The van der Waals surface area contributed by atoms with Gasteiger partial charge < -0.3 is 9.47 Å². The molecule has 0 unspecified atom stereocenters. The standard InChI is InChI=1S/C19H25N5O3S/c1-4-22(5-2)19(25)14-23-10-9-15-11-16(7-8-18(15)23)21-28(26,27)17-12-20-24(6-3)13-17/h7-13,21H,4-6,14H2,1-3H3. The van der Waals surface area contributed by atoms with Gasteiger partial charge in [-0.05, 0) is 45.0 Å². The third-order valence-corrected chi connectivity index (χ3v) is 6.02. The minimum absolute atomic E-state index is 0.0558. The van der Waals surface area contributed by atoms with Crippen molar-refractivity contribution >= 4 is 32.5 Å². The maximum Gasteiger partial charge on any atom is 0.265 e. The molecule has 0 bridgehead atoms. The Morgan fingerprint density at radius 2 is 1.93 bits per heavy atom. The summed E-state index contributed by atoms with van der Waals surface area (Å²) >= 11 is 0. The number of nitrogens with zero attached hydrogens (tertiary/aromatic N) is 4. The lowest BCUT2D eigenvalue weighted by atomic mass is 10.2. The first kappa shape index (κ1) is 19.9. The van der Waals surface area contributed by atoms with Gasteiger partial charge in [0.25, 0.3) is 10.0 Å². The minimum Gasteiger partial charge on any atom is -0.342 e. The van der Waals surface area contributed by atoms with E-state index < -0.39 is 10.0 Å². The summed E-state index contributed by atoms with van der Waals surface area (Å²) < 4.78 is 31.1. The molecule has 0 radical (unpaired) electrons. The molecule has 0 aliphatic heterocycles. The SMILES string of the molecule is CCN(CC)C(=O)Cn1ccc2cc(NS(=O)(=O)c3cnn(CC)c3)ccc21. The maximum absolute atomic E-state index is 12.5. The number of fused-ring (bicyclic) bond motifs is 1. The number of hydrogen-bond acceptors (Lipinski definition) is 4. The van der Waals surface area contributed by atoms with E-state index in [1.165, 1.54) is 12.4 Å². The van der Waals surface area contributed by atoms with Crippen LogP contribution in [-0.2, 0) is 27.9 Å². The fourth-order valence-electron chi connectivity index (χ4n) is 3.09. The van der Waals surface area contributed by atoms with Gasteiger partial charge in [-0.2, -0.15) is 5.10 Å². The summed E-state index contributed by atoms with van der Waals surface area (Å²) in [5.74, 6) is 0.0558. The number of rotatable bonds is 8. The zero-order chi connectivity index (χ0) is 20.3. The summed E-state index contributed by atoms with van der Waals surface area (Å²) in [5.41, 5.74) is 1.34. The number of sulfonamides is 1. The van der Waals surface area contributed by atoms with Crippen molar-refractivity contribution in [2.45, 2.75) is 38.8 Å². The molecule has 3 rings (SSSR count). The number of nitrogens with one attached hydrogen (secondary N) is 1. The number of amides is 1. The van der Waals surface area contributed by atoms with Crippen molar-refractivity contribution in [3.63, 3.8) is 0 Å². The number of aryl methyl sites for hydroxylation is 1. The van der Waals surface area contributed by atoms with E-state index in [2.05, 4.69) is 9.82 Å². The van der Waals surface area contributed by atoms with Crippen LogP contribution in [0.2, 0.25) is 0 Å². The Kier molecular flexibility index (Phi) is 5.73. The first-order valence-electron chi connectivity index (χ1n) is 9.29. The summed E-state index contributed by atoms with van der Waals surface area (Å²) in [6, 6.07) is 7.15. The average Bonchev–Trinajstić information content (AvgIpc) is 3.30. The Morgan fingerprint density at radius 1 is 1.18 bits per heavy atom. The molecule has 0 saturated carbocycles. The lowest BCUT2D eigenvalue weighted by Crippen LogP contribution is -2.33. The highest BCUT2D eigenvalue weighted by atomic mass is 32.2. The highest BCUT2D eigenvalue weighted by Crippen LogP contribution is 2.23. The second-order valence-corrected chi connectivity index (χ2v) is 8.10. The monoisotopic (exact) mass is 403 g/mol. The van der Waals surface area contributed by atoms with Gasteiger partial charge in [0.05, 0.1) is 6.20 Å². The molecule has 2 heterocycles. The second kappa shape index (κ2) is 8.05. The van der Waals surface area contributed by atoms with Crippen LogP contribution in [0.4, 0.5) is 5.69 Å². The molecule has 28 heavy (non-hydrogen) atoms. The Morgan fingerprint density at radius 3 is 2.57 bits per heavy atom. The van der Waals surface area contributed by atoms with Crippen molar-refractivity contribution in [1.82, 2.24) is 19.2 Å². The lowest BCUT2D eigenvalue weighted by Gasteiger charge is -2.19. The van der Waals surface area contributed by atoms with E-state index in [9.17, 15) is 13.2 Å². The highest BCUT2D eigenvalue weighted by molar-refractivity contribution is 7.92. The predicted molar refractivity (Wildman–Crippen MR) is 109 cm³/mol. The molecule has 0 spiro atoms. The quantitative estimate of drug-likeness (QED) is 0.626. The number of benzene rings is 1. The highest BCUT2D eigenvalue weighted by Gasteiger charge is 2.17. The van der Waals surface area contributed by atoms with Crippen molar-refractivity contribution in [3.8, 4) is 0 Å². The van der Waals surface area contributed by atoms with Crippen molar-refractivity contribution in [2.24, 2.45) is 0 Å². The molecule has 0 atom stereocenters. The average molecular weight is 404 g/mol. The van der Waals surface area contributed by atoms with Crippen LogP contribution >= 0.6 is 0 Å². The molecule has 0 aliphatic carbocycles. The number of hydrogen-bond donors (Lipinski definition) is 1. The molecule has 8 nitrogen and oxygen atoms in total.